The average Bonchev–Trinajstić information content (AvgIpc) is 3.25. The van der Waals surface area contributed by atoms with Gasteiger partial charge in [0, 0.05) is 6.04 Å². The standard InChI is InChI=1S/C16H18FN5O2S/c17-12-8-4-3-7-11(12)14-20-16(22-21-14)25-9-13(23)19-15(24)18-10-5-1-2-6-10/h3-4,7-8,10H,1-2,5-6,9H2,(H,20,21,22)(H2,18,19,23,24). The number of urea groups is 1. The lowest BCUT2D eigenvalue weighted by atomic mass is 10.2. The second-order valence-electron chi connectivity index (χ2n) is 5.74. The number of aromatic nitrogens is 3. The number of H-pyrrole nitrogens is 1. The van der Waals surface area contributed by atoms with Crippen LogP contribution in [0.15, 0.2) is 29.4 Å². The molecule has 132 valence electrons. The van der Waals surface area contributed by atoms with Gasteiger partial charge in [0.2, 0.25) is 11.1 Å². The van der Waals surface area contributed by atoms with E-state index in [2.05, 4.69) is 25.8 Å². The highest BCUT2D eigenvalue weighted by Crippen LogP contribution is 2.21. The Morgan fingerprint density at radius 3 is 2.80 bits per heavy atom. The fraction of sp³-hybridized carbons (Fsp3) is 0.375. The van der Waals surface area contributed by atoms with Crippen molar-refractivity contribution < 1.29 is 14.0 Å². The highest BCUT2D eigenvalue weighted by atomic mass is 32.2. The van der Waals surface area contributed by atoms with Crippen LogP contribution in [-0.4, -0.2) is 38.9 Å². The molecule has 1 aliphatic rings. The molecule has 1 aromatic carbocycles. The molecule has 0 aliphatic heterocycles. The third-order valence-electron chi connectivity index (χ3n) is 3.87. The predicted molar refractivity (Wildman–Crippen MR) is 91.4 cm³/mol. The number of imide groups is 1. The Kier molecular flexibility index (Phi) is 5.64. The first-order valence-electron chi connectivity index (χ1n) is 8.02. The summed E-state index contributed by atoms with van der Waals surface area (Å²) in [5, 5.41) is 12.0. The van der Waals surface area contributed by atoms with Gasteiger partial charge in [0.25, 0.3) is 0 Å². The van der Waals surface area contributed by atoms with E-state index in [4.69, 9.17) is 0 Å². The van der Waals surface area contributed by atoms with Gasteiger partial charge in [0.1, 0.15) is 5.82 Å². The number of hydrogen-bond donors (Lipinski definition) is 3. The molecule has 0 saturated heterocycles. The largest absolute Gasteiger partial charge is 0.335 e. The number of nitrogens with one attached hydrogen (secondary N) is 3. The Morgan fingerprint density at radius 1 is 1.28 bits per heavy atom. The van der Waals surface area contributed by atoms with E-state index in [0.717, 1.165) is 37.4 Å². The Bertz CT molecular complexity index is 760. The molecule has 0 unspecified atom stereocenters. The van der Waals surface area contributed by atoms with Gasteiger partial charge in [-0.2, -0.15) is 0 Å². The second-order valence-corrected chi connectivity index (χ2v) is 6.68. The number of carbonyl (C=O) groups excluding carboxylic acids is 2. The smallest absolute Gasteiger partial charge is 0.321 e. The van der Waals surface area contributed by atoms with Crippen molar-refractivity contribution in [3.63, 3.8) is 0 Å². The van der Waals surface area contributed by atoms with E-state index in [1.54, 1.807) is 18.2 Å². The van der Waals surface area contributed by atoms with Gasteiger partial charge in [-0.3, -0.25) is 15.2 Å². The lowest BCUT2D eigenvalue weighted by Gasteiger charge is -2.11. The number of hydrogen-bond acceptors (Lipinski definition) is 5. The number of rotatable bonds is 5. The molecule has 1 aromatic heterocycles. The van der Waals surface area contributed by atoms with E-state index in [1.165, 1.54) is 6.07 Å². The van der Waals surface area contributed by atoms with Crippen LogP contribution in [0, 0.1) is 5.82 Å². The fourth-order valence-electron chi connectivity index (χ4n) is 2.67. The van der Waals surface area contributed by atoms with E-state index >= 15 is 0 Å². The van der Waals surface area contributed by atoms with E-state index in [-0.39, 0.29) is 11.8 Å². The summed E-state index contributed by atoms with van der Waals surface area (Å²) in [4.78, 5) is 27.7. The summed E-state index contributed by atoms with van der Waals surface area (Å²) in [6, 6.07) is 5.89. The maximum atomic E-state index is 13.7. The van der Waals surface area contributed by atoms with Crippen LogP contribution in [0.3, 0.4) is 0 Å². The Labute approximate surface area is 148 Å². The topological polar surface area (TPSA) is 99.8 Å². The molecule has 25 heavy (non-hydrogen) atoms. The minimum atomic E-state index is -0.473. The van der Waals surface area contributed by atoms with E-state index in [9.17, 15) is 14.0 Å². The van der Waals surface area contributed by atoms with Gasteiger partial charge >= 0.3 is 6.03 Å². The van der Waals surface area contributed by atoms with Gasteiger partial charge < -0.3 is 5.32 Å². The van der Waals surface area contributed by atoms with E-state index in [1.807, 2.05) is 0 Å². The Morgan fingerprint density at radius 2 is 2.04 bits per heavy atom. The lowest BCUT2D eigenvalue weighted by molar-refractivity contribution is -0.117. The number of benzene rings is 1. The SMILES string of the molecule is O=C(CSc1n[nH]c(-c2ccccc2F)n1)NC(=O)NC1CCCC1. The first-order chi connectivity index (χ1) is 12.1. The van der Waals surface area contributed by atoms with Crippen molar-refractivity contribution in [1.29, 1.82) is 0 Å². The van der Waals surface area contributed by atoms with Crippen molar-refractivity contribution >= 4 is 23.7 Å². The van der Waals surface area contributed by atoms with Crippen LogP contribution < -0.4 is 10.6 Å². The van der Waals surface area contributed by atoms with Crippen molar-refractivity contribution in [2.24, 2.45) is 0 Å². The summed E-state index contributed by atoms with van der Waals surface area (Å²) in [6.07, 6.45) is 4.10. The molecule has 0 atom stereocenters. The summed E-state index contributed by atoms with van der Waals surface area (Å²) >= 11 is 1.07. The van der Waals surface area contributed by atoms with E-state index < -0.39 is 17.8 Å². The minimum Gasteiger partial charge on any atom is -0.335 e. The fourth-order valence-corrected chi connectivity index (χ4v) is 3.27. The highest BCUT2D eigenvalue weighted by Gasteiger charge is 2.18. The maximum Gasteiger partial charge on any atom is 0.321 e. The number of nitrogens with zero attached hydrogens (tertiary/aromatic N) is 2. The zero-order chi connectivity index (χ0) is 17.6. The Balaban J connectivity index is 1.48. The minimum absolute atomic E-state index is 0.00729. The number of thioether (sulfide) groups is 1. The van der Waals surface area contributed by atoms with Crippen LogP contribution >= 0.6 is 11.8 Å². The van der Waals surface area contributed by atoms with Crippen molar-refractivity contribution in [3.8, 4) is 11.4 Å². The quantitative estimate of drug-likeness (QED) is 0.709. The molecule has 2 aromatic rings. The van der Waals surface area contributed by atoms with Crippen LogP contribution in [0.4, 0.5) is 9.18 Å². The molecule has 0 bridgehead atoms. The monoisotopic (exact) mass is 363 g/mol. The van der Waals surface area contributed by atoms with Crippen LogP contribution in [0.25, 0.3) is 11.4 Å². The third kappa shape index (κ3) is 4.79. The van der Waals surface area contributed by atoms with Crippen LogP contribution in [0.2, 0.25) is 0 Å². The number of aromatic amines is 1. The molecule has 1 fully saturated rings. The molecule has 9 heteroatoms. The van der Waals surface area contributed by atoms with Crippen molar-refractivity contribution in [1.82, 2.24) is 25.8 Å². The molecule has 1 heterocycles. The third-order valence-corrected chi connectivity index (χ3v) is 4.72. The zero-order valence-electron chi connectivity index (χ0n) is 13.4. The second kappa shape index (κ2) is 8.11. The number of amides is 3. The number of carbonyl (C=O) groups is 2. The van der Waals surface area contributed by atoms with Gasteiger partial charge in [-0.25, -0.2) is 14.2 Å². The first kappa shape index (κ1) is 17.4. The molecule has 3 N–H and O–H groups in total. The lowest BCUT2D eigenvalue weighted by Crippen LogP contribution is -2.44. The summed E-state index contributed by atoms with van der Waals surface area (Å²) in [5.41, 5.74) is 0.308. The summed E-state index contributed by atoms with van der Waals surface area (Å²) in [6.45, 7) is 0. The average molecular weight is 363 g/mol. The maximum absolute atomic E-state index is 13.7. The molecule has 3 amide bonds. The molecule has 0 spiro atoms. The summed E-state index contributed by atoms with van der Waals surface area (Å²) in [7, 11) is 0. The molecule has 0 radical (unpaired) electrons. The molecule has 1 aliphatic carbocycles. The molecule has 1 saturated carbocycles. The normalized spacial score (nSPS) is 14.4. The molecule has 7 nitrogen and oxygen atoms in total. The summed E-state index contributed by atoms with van der Waals surface area (Å²) < 4.78 is 13.7. The van der Waals surface area contributed by atoms with Gasteiger partial charge in [0.15, 0.2) is 5.82 Å². The number of halogens is 1. The highest BCUT2D eigenvalue weighted by molar-refractivity contribution is 7.99. The van der Waals surface area contributed by atoms with Crippen LogP contribution in [0.1, 0.15) is 25.7 Å². The summed E-state index contributed by atoms with van der Waals surface area (Å²) in [5.74, 6) is -0.554. The van der Waals surface area contributed by atoms with E-state index in [0.29, 0.717) is 16.5 Å². The van der Waals surface area contributed by atoms with Gasteiger partial charge in [0.05, 0.1) is 11.3 Å². The van der Waals surface area contributed by atoms with Crippen LogP contribution in [0.5, 0.6) is 0 Å². The Hall–Kier alpha value is -2.42. The molecule has 3 rings (SSSR count). The molecular formula is C16H18FN5O2S. The first-order valence-corrected chi connectivity index (χ1v) is 9.01. The van der Waals surface area contributed by atoms with Gasteiger partial charge in [-0.05, 0) is 25.0 Å². The van der Waals surface area contributed by atoms with Gasteiger partial charge in [-0.1, -0.05) is 36.7 Å². The van der Waals surface area contributed by atoms with Gasteiger partial charge in [-0.15, -0.1) is 5.10 Å². The zero-order valence-corrected chi connectivity index (χ0v) is 14.2. The van der Waals surface area contributed by atoms with Crippen molar-refractivity contribution in [2.45, 2.75) is 36.9 Å². The van der Waals surface area contributed by atoms with Crippen LogP contribution in [-0.2, 0) is 4.79 Å². The van der Waals surface area contributed by atoms with Crippen molar-refractivity contribution in [2.75, 3.05) is 5.75 Å². The van der Waals surface area contributed by atoms with Crippen molar-refractivity contribution in [3.05, 3.63) is 30.1 Å². The predicted octanol–water partition coefficient (Wildman–Crippen LogP) is 2.47. The molecular weight excluding hydrogens is 345 g/mol.